The number of piperazine rings is 1. The molecule has 1 aliphatic heterocycles. The smallest absolute Gasteiger partial charge is 0.329 e. The van der Waals surface area contributed by atoms with Gasteiger partial charge in [-0.2, -0.15) is 4.98 Å². The summed E-state index contributed by atoms with van der Waals surface area (Å²) >= 11 is 3.43. The van der Waals surface area contributed by atoms with E-state index >= 15 is 0 Å². The number of anilines is 1. The molecule has 2 aromatic heterocycles. The van der Waals surface area contributed by atoms with Crippen LogP contribution in [0.3, 0.4) is 0 Å². The molecule has 3 aromatic rings. The summed E-state index contributed by atoms with van der Waals surface area (Å²) in [6.07, 6.45) is 0. The van der Waals surface area contributed by atoms with Crippen LogP contribution in [0.2, 0.25) is 0 Å². The van der Waals surface area contributed by atoms with Gasteiger partial charge in [-0.05, 0) is 17.7 Å². The lowest BCUT2D eigenvalue weighted by Gasteiger charge is -2.35. The Balaban J connectivity index is 1.82. The number of benzene rings is 1. The maximum atomic E-state index is 12.6. The van der Waals surface area contributed by atoms with Crippen LogP contribution in [0.4, 0.5) is 5.95 Å². The number of nitrogens with zero attached hydrogens (tertiary/aromatic N) is 5. The van der Waals surface area contributed by atoms with Crippen molar-refractivity contribution in [1.82, 2.24) is 24.0 Å². The van der Waals surface area contributed by atoms with E-state index in [1.807, 2.05) is 28.8 Å². The highest BCUT2D eigenvalue weighted by Crippen LogP contribution is 2.23. The van der Waals surface area contributed by atoms with Crippen LogP contribution in [0.25, 0.3) is 11.2 Å². The van der Waals surface area contributed by atoms with E-state index in [0.29, 0.717) is 49.8 Å². The lowest BCUT2D eigenvalue weighted by molar-refractivity contribution is -0.129. The summed E-state index contributed by atoms with van der Waals surface area (Å²) in [5.74, 6) is 0.671. The maximum Gasteiger partial charge on any atom is 0.329 e. The molecule has 3 heterocycles. The fourth-order valence-electron chi connectivity index (χ4n) is 3.61. The number of amides is 1. The Morgan fingerprint density at radius 2 is 1.79 bits per heavy atom. The van der Waals surface area contributed by atoms with Crippen LogP contribution in [0.15, 0.2) is 38.3 Å². The van der Waals surface area contributed by atoms with Crippen molar-refractivity contribution in [2.75, 3.05) is 31.1 Å². The van der Waals surface area contributed by atoms with Crippen LogP contribution in [-0.2, 0) is 18.4 Å². The van der Waals surface area contributed by atoms with Gasteiger partial charge in [0, 0.05) is 44.6 Å². The number of hydrogen-bond donors (Lipinski definition) is 1. The second-order valence-corrected chi connectivity index (χ2v) is 8.02. The second kappa shape index (κ2) is 7.51. The molecular weight excluding hydrogens is 440 g/mol. The third-order valence-corrected chi connectivity index (χ3v) is 5.78. The van der Waals surface area contributed by atoms with Gasteiger partial charge in [0.1, 0.15) is 0 Å². The molecule has 9 nitrogen and oxygen atoms in total. The van der Waals surface area contributed by atoms with Gasteiger partial charge in [-0.25, -0.2) is 4.79 Å². The van der Waals surface area contributed by atoms with E-state index in [2.05, 4.69) is 30.8 Å². The summed E-state index contributed by atoms with van der Waals surface area (Å²) in [4.78, 5) is 47.2. The Bertz CT molecular complexity index is 1190. The standard InChI is InChI=1S/C19H21BrN6O3/c1-12(27)24-7-9-25(10-8-24)18-21-16-15(17(28)22-19(29)23(16)2)26(18)11-13-3-5-14(20)6-4-13/h3-6H,7-11H2,1-2H3,(H,22,28,29). The highest BCUT2D eigenvalue weighted by molar-refractivity contribution is 9.10. The predicted octanol–water partition coefficient (Wildman–Crippen LogP) is 0.903. The van der Waals surface area contributed by atoms with Gasteiger partial charge in [0.15, 0.2) is 11.2 Å². The summed E-state index contributed by atoms with van der Waals surface area (Å²) in [6, 6.07) is 7.84. The number of fused-ring (bicyclic) bond motifs is 1. The summed E-state index contributed by atoms with van der Waals surface area (Å²) in [5, 5.41) is 0. The average molecular weight is 461 g/mol. The van der Waals surface area contributed by atoms with Gasteiger partial charge in [-0.3, -0.25) is 23.7 Å². The van der Waals surface area contributed by atoms with Gasteiger partial charge in [0.2, 0.25) is 11.9 Å². The Hall–Kier alpha value is -2.88. The number of hydrogen-bond acceptors (Lipinski definition) is 5. The molecule has 0 bridgehead atoms. The summed E-state index contributed by atoms with van der Waals surface area (Å²) < 4.78 is 4.17. The van der Waals surface area contributed by atoms with Crippen molar-refractivity contribution in [2.45, 2.75) is 13.5 Å². The normalized spacial score (nSPS) is 14.6. The molecule has 152 valence electrons. The molecule has 1 N–H and O–H groups in total. The number of aromatic nitrogens is 4. The van der Waals surface area contributed by atoms with E-state index in [4.69, 9.17) is 0 Å². The van der Waals surface area contributed by atoms with Crippen molar-refractivity contribution in [1.29, 1.82) is 0 Å². The number of nitrogens with one attached hydrogen (secondary N) is 1. The lowest BCUT2D eigenvalue weighted by Crippen LogP contribution is -2.48. The van der Waals surface area contributed by atoms with Crippen LogP contribution >= 0.6 is 15.9 Å². The minimum Gasteiger partial charge on any atom is -0.339 e. The van der Waals surface area contributed by atoms with Crippen LogP contribution < -0.4 is 16.1 Å². The van der Waals surface area contributed by atoms with Crippen molar-refractivity contribution in [3.8, 4) is 0 Å². The fraction of sp³-hybridized carbons (Fsp3) is 0.368. The molecule has 29 heavy (non-hydrogen) atoms. The van der Waals surface area contributed by atoms with Crippen molar-refractivity contribution in [3.05, 3.63) is 55.1 Å². The molecule has 0 atom stereocenters. The van der Waals surface area contributed by atoms with E-state index in [9.17, 15) is 14.4 Å². The largest absolute Gasteiger partial charge is 0.339 e. The number of H-pyrrole nitrogens is 1. The summed E-state index contributed by atoms with van der Waals surface area (Å²) in [5.41, 5.74) is 0.758. The Morgan fingerprint density at radius 1 is 1.14 bits per heavy atom. The molecule has 10 heteroatoms. The number of aromatic amines is 1. The van der Waals surface area contributed by atoms with Crippen molar-refractivity contribution >= 4 is 38.9 Å². The number of rotatable bonds is 3. The highest BCUT2D eigenvalue weighted by atomic mass is 79.9. The molecule has 0 radical (unpaired) electrons. The number of halogens is 1. The van der Waals surface area contributed by atoms with E-state index in [1.165, 1.54) is 4.57 Å². The number of carbonyl (C=O) groups excluding carboxylic acids is 1. The first kappa shape index (κ1) is 19.4. The molecule has 1 aliphatic rings. The molecule has 0 aliphatic carbocycles. The Labute approximate surface area is 174 Å². The van der Waals surface area contributed by atoms with E-state index in [1.54, 1.807) is 18.9 Å². The van der Waals surface area contributed by atoms with Gasteiger partial charge in [0.25, 0.3) is 5.56 Å². The number of aryl methyl sites for hydroxylation is 1. The Kier molecular flexibility index (Phi) is 5.03. The van der Waals surface area contributed by atoms with Gasteiger partial charge >= 0.3 is 5.69 Å². The highest BCUT2D eigenvalue weighted by Gasteiger charge is 2.25. The van der Waals surface area contributed by atoms with E-state index in [-0.39, 0.29) is 5.91 Å². The first-order chi connectivity index (χ1) is 13.8. The molecule has 1 aromatic carbocycles. The first-order valence-corrected chi connectivity index (χ1v) is 10.1. The lowest BCUT2D eigenvalue weighted by atomic mass is 10.2. The van der Waals surface area contributed by atoms with Crippen molar-refractivity contribution < 1.29 is 4.79 Å². The van der Waals surface area contributed by atoms with Crippen molar-refractivity contribution in [2.24, 2.45) is 7.05 Å². The first-order valence-electron chi connectivity index (χ1n) is 9.29. The monoisotopic (exact) mass is 460 g/mol. The van der Waals surface area contributed by atoms with Crippen LogP contribution in [0.1, 0.15) is 12.5 Å². The molecule has 4 rings (SSSR count). The zero-order valence-corrected chi connectivity index (χ0v) is 17.8. The summed E-state index contributed by atoms with van der Waals surface area (Å²) in [6.45, 7) is 4.39. The number of imidazole rings is 1. The molecule has 1 amide bonds. The average Bonchev–Trinajstić information content (AvgIpc) is 3.08. The molecule has 1 fully saturated rings. The van der Waals surface area contributed by atoms with Gasteiger partial charge in [-0.15, -0.1) is 0 Å². The van der Waals surface area contributed by atoms with E-state index < -0.39 is 11.2 Å². The van der Waals surface area contributed by atoms with Crippen LogP contribution in [-0.4, -0.2) is 56.1 Å². The molecule has 1 saturated heterocycles. The Morgan fingerprint density at radius 3 is 2.41 bits per heavy atom. The minimum absolute atomic E-state index is 0.0480. The summed E-state index contributed by atoms with van der Waals surface area (Å²) in [7, 11) is 1.59. The van der Waals surface area contributed by atoms with Gasteiger partial charge < -0.3 is 9.80 Å². The SMILES string of the molecule is CC(=O)N1CCN(c2nc3c(c(=O)[nH]c(=O)n3C)n2Cc2ccc(Br)cc2)CC1. The molecule has 0 spiro atoms. The van der Waals surface area contributed by atoms with Gasteiger partial charge in [-0.1, -0.05) is 28.1 Å². The van der Waals surface area contributed by atoms with Crippen LogP contribution in [0, 0.1) is 0 Å². The maximum absolute atomic E-state index is 12.6. The third kappa shape index (κ3) is 3.59. The zero-order valence-electron chi connectivity index (χ0n) is 16.2. The van der Waals surface area contributed by atoms with Gasteiger partial charge in [0.05, 0.1) is 6.54 Å². The quantitative estimate of drug-likeness (QED) is 0.626. The van der Waals surface area contributed by atoms with Crippen molar-refractivity contribution in [3.63, 3.8) is 0 Å². The molecular formula is C19H21BrN6O3. The second-order valence-electron chi connectivity index (χ2n) is 7.11. The predicted molar refractivity (Wildman–Crippen MR) is 113 cm³/mol. The zero-order chi connectivity index (χ0) is 20.7. The third-order valence-electron chi connectivity index (χ3n) is 5.25. The fourth-order valence-corrected chi connectivity index (χ4v) is 3.87. The topological polar surface area (TPSA) is 96.2 Å². The van der Waals surface area contributed by atoms with Crippen LogP contribution in [0.5, 0.6) is 0 Å². The molecule has 0 saturated carbocycles. The van der Waals surface area contributed by atoms with E-state index in [0.717, 1.165) is 10.0 Å². The number of carbonyl (C=O) groups is 1. The minimum atomic E-state index is -0.497. The molecule has 0 unspecified atom stereocenters.